The smallest absolute Gasteiger partial charge is 0.307 e. The Morgan fingerprint density at radius 2 is 1.76 bits per heavy atom. The first kappa shape index (κ1) is 26.9. The second-order valence-corrected chi connectivity index (χ2v) is 11.1. The molecule has 0 radical (unpaired) electrons. The fourth-order valence-corrected chi connectivity index (χ4v) is 6.54. The predicted molar refractivity (Wildman–Crippen MR) is 151 cm³/mol. The van der Waals surface area contributed by atoms with E-state index in [0.29, 0.717) is 11.7 Å². The Bertz CT molecular complexity index is 1520. The molecule has 6 rings (SSSR count). The number of hydrogen-bond acceptors (Lipinski definition) is 4. The largest absolute Gasteiger partial charge is 0.332 e. The molecule has 3 aromatic rings. The molecule has 210 valence electrons. The van der Waals surface area contributed by atoms with Crippen LogP contribution in [0, 0.1) is 28.9 Å². The van der Waals surface area contributed by atoms with Gasteiger partial charge in [0.2, 0.25) is 0 Å². The Hall–Kier alpha value is -4.29. The maximum atomic E-state index is 14.3. The van der Waals surface area contributed by atoms with Gasteiger partial charge in [0.25, 0.3) is 0 Å². The summed E-state index contributed by atoms with van der Waals surface area (Å²) in [5.74, 6) is -1.70. The van der Waals surface area contributed by atoms with Gasteiger partial charge in [-0.25, -0.2) is 23.3 Å². The molecule has 1 N–H and O–H groups in total. The van der Waals surface area contributed by atoms with Crippen molar-refractivity contribution >= 4 is 23.4 Å². The van der Waals surface area contributed by atoms with E-state index in [1.54, 1.807) is 6.07 Å². The van der Waals surface area contributed by atoms with Crippen LogP contribution in [-0.4, -0.2) is 47.5 Å². The molecule has 2 aliphatic heterocycles. The number of halogens is 2. The summed E-state index contributed by atoms with van der Waals surface area (Å²) in [7, 11) is 0. The van der Waals surface area contributed by atoms with Crippen molar-refractivity contribution in [1.82, 2.24) is 9.80 Å². The van der Waals surface area contributed by atoms with Crippen LogP contribution in [0.25, 0.3) is 0 Å². The molecule has 7 nitrogen and oxygen atoms in total. The highest BCUT2D eigenvalue weighted by Gasteiger charge is 2.41. The van der Waals surface area contributed by atoms with Gasteiger partial charge in [-0.1, -0.05) is 49.2 Å². The third-order valence-electron chi connectivity index (χ3n) is 8.61. The van der Waals surface area contributed by atoms with Crippen molar-refractivity contribution in [1.29, 1.82) is 5.26 Å². The molecule has 2 heterocycles. The lowest BCUT2D eigenvalue weighted by Crippen LogP contribution is -2.59. The van der Waals surface area contributed by atoms with Crippen LogP contribution in [0.1, 0.15) is 48.3 Å². The zero-order valence-electron chi connectivity index (χ0n) is 22.6. The molecule has 0 aromatic heterocycles. The summed E-state index contributed by atoms with van der Waals surface area (Å²) < 4.78 is 28.1. The van der Waals surface area contributed by atoms with E-state index in [0.717, 1.165) is 72.5 Å². The molecule has 4 amide bonds. The van der Waals surface area contributed by atoms with Gasteiger partial charge in [0.05, 0.1) is 18.2 Å². The highest BCUT2D eigenvalue weighted by Crippen LogP contribution is 2.40. The van der Waals surface area contributed by atoms with Crippen LogP contribution in [0.2, 0.25) is 0 Å². The van der Waals surface area contributed by atoms with Gasteiger partial charge in [-0.15, -0.1) is 0 Å². The molecule has 2 atom stereocenters. The van der Waals surface area contributed by atoms with Crippen LogP contribution in [0.4, 0.5) is 29.7 Å². The second-order valence-electron chi connectivity index (χ2n) is 11.1. The summed E-state index contributed by atoms with van der Waals surface area (Å²) >= 11 is 0. The molecular formula is C32H31F2N5O2. The fraction of sp³-hybridized carbons (Fsp3) is 0.344. The van der Waals surface area contributed by atoms with Gasteiger partial charge in [0, 0.05) is 55.0 Å². The number of amides is 4. The van der Waals surface area contributed by atoms with E-state index < -0.39 is 23.7 Å². The van der Waals surface area contributed by atoms with Crippen molar-refractivity contribution in [3.05, 3.63) is 95.1 Å². The number of nitrogens with one attached hydrogen (secondary N) is 1. The number of rotatable bonds is 5. The van der Waals surface area contributed by atoms with E-state index in [-0.39, 0.29) is 30.6 Å². The number of nitriles is 1. The Morgan fingerprint density at radius 3 is 2.56 bits per heavy atom. The minimum absolute atomic E-state index is 0.0832. The highest BCUT2D eigenvalue weighted by atomic mass is 19.2. The normalized spacial score (nSPS) is 20.9. The number of anilines is 2. The minimum atomic E-state index is -1.05. The first-order valence-electron chi connectivity index (χ1n) is 14.1. The van der Waals surface area contributed by atoms with Crippen LogP contribution in [-0.2, 0) is 6.54 Å². The number of carbonyl (C=O) groups excluding carboxylic acids is 2. The third kappa shape index (κ3) is 5.27. The summed E-state index contributed by atoms with van der Waals surface area (Å²) in [6, 6.07) is 20.0. The molecule has 2 fully saturated rings. The standard InChI is InChI=1S/C32H31F2N5O2/c33-27-14-13-24(15-28(27)34)38(32(41)39-20-23-8-2-5-11-29(23)36-31(39)40)19-21-17-37(18-21)30-12-6-4-10-26(30)25-9-3-1-7-22(25)16-35/h1-3,5,7-9,11,13-15,21,26,30H,4,6,10,12,17-20H2,(H,36,40). The topological polar surface area (TPSA) is 79.7 Å². The number of carbonyl (C=O) groups is 2. The van der Waals surface area contributed by atoms with E-state index >= 15 is 0 Å². The van der Waals surface area contributed by atoms with Gasteiger partial charge < -0.3 is 5.32 Å². The summed E-state index contributed by atoms with van der Waals surface area (Å²) in [5.41, 5.74) is 3.46. The van der Waals surface area contributed by atoms with Gasteiger partial charge in [0.1, 0.15) is 0 Å². The van der Waals surface area contributed by atoms with Crippen molar-refractivity contribution in [2.45, 2.75) is 44.2 Å². The highest BCUT2D eigenvalue weighted by molar-refractivity contribution is 6.07. The molecular weight excluding hydrogens is 524 g/mol. The average molecular weight is 556 g/mol. The first-order valence-corrected chi connectivity index (χ1v) is 14.1. The van der Waals surface area contributed by atoms with Gasteiger partial charge in [0.15, 0.2) is 11.6 Å². The quantitative estimate of drug-likeness (QED) is 0.392. The molecule has 41 heavy (non-hydrogen) atoms. The number of para-hydroxylation sites is 1. The van der Waals surface area contributed by atoms with E-state index in [9.17, 15) is 23.6 Å². The zero-order valence-corrected chi connectivity index (χ0v) is 22.6. The number of nitrogens with zero attached hydrogens (tertiary/aromatic N) is 4. The van der Waals surface area contributed by atoms with E-state index in [2.05, 4.69) is 22.4 Å². The number of fused-ring (bicyclic) bond motifs is 1. The number of benzene rings is 3. The van der Waals surface area contributed by atoms with Crippen LogP contribution in [0.3, 0.4) is 0 Å². The Labute approximate surface area is 238 Å². The number of hydrogen-bond donors (Lipinski definition) is 1. The van der Waals surface area contributed by atoms with Gasteiger partial charge >= 0.3 is 12.1 Å². The average Bonchev–Trinajstić information content (AvgIpc) is 2.97. The summed E-state index contributed by atoms with van der Waals surface area (Å²) in [4.78, 5) is 31.6. The molecule has 0 bridgehead atoms. The monoisotopic (exact) mass is 555 g/mol. The van der Waals surface area contributed by atoms with E-state index in [1.165, 1.54) is 11.0 Å². The summed E-state index contributed by atoms with van der Waals surface area (Å²) in [6.07, 6.45) is 4.31. The SMILES string of the molecule is N#Cc1ccccc1C1CCCCC1N1CC(CN(C(=O)N2Cc3ccccc3NC2=O)c2ccc(F)c(F)c2)C1. The molecule has 0 spiro atoms. The van der Waals surface area contributed by atoms with Gasteiger partial charge in [-0.05, 0) is 48.2 Å². The van der Waals surface area contributed by atoms with Crippen LogP contribution in [0.5, 0.6) is 0 Å². The molecule has 2 unspecified atom stereocenters. The van der Waals surface area contributed by atoms with Gasteiger partial charge in [-0.3, -0.25) is 9.80 Å². The van der Waals surface area contributed by atoms with Gasteiger partial charge in [-0.2, -0.15) is 5.26 Å². The van der Waals surface area contributed by atoms with Crippen LogP contribution in [0.15, 0.2) is 66.7 Å². The maximum absolute atomic E-state index is 14.3. The van der Waals surface area contributed by atoms with Crippen molar-refractivity contribution in [3.63, 3.8) is 0 Å². The molecule has 1 saturated heterocycles. The minimum Gasteiger partial charge on any atom is -0.307 e. The van der Waals surface area contributed by atoms with E-state index in [4.69, 9.17) is 0 Å². The van der Waals surface area contributed by atoms with Crippen LogP contribution < -0.4 is 10.2 Å². The second kappa shape index (κ2) is 11.3. The fourth-order valence-electron chi connectivity index (χ4n) is 6.54. The maximum Gasteiger partial charge on any atom is 0.332 e. The Morgan fingerprint density at radius 1 is 1.00 bits per heavy atom. The molecule has 3 aliphatic rings. The van der Waals surface area contributed by atoms with Crippen molar-refractivity contribution in [2.75, 3.05) is 29.9 Å². The molecule has 9 heteroatoms. The van der Waals surface area contributed by atoms with Crippen molar-refractivity contribution in [2.24, 2.45) is 5.92 Å². The van der Waals surface area contributed by atoms with Crippen molar-refractivity contribution in [3.8, 4) is 6.07 Å². The number of imide groups is 1. The Balaban J connectivity index is 1.20. The molecule has 1 saturated carbocycles. The summed E-state index contributed by atoms with van der Waals surface area (Å²) in [6.45, 7) is 1.81. The number of urea groups is 2. The lowest BCUT2D eigenvalue weighted by molar-refractivity contribution is 0.0278. The Kier molecular flexibility index (Phi) is 7.41. The van der Waals surface area contributed by atoms with Crippen molar-refractivity contribution < 1.29 is 18.4 Å². The van der Waals surface area contributed by atoms with Crippen LogP contribution >= 0.6 is 0 Å². The molecule has 3 aromatic carbocycles. The van der Waals surface area contributed by atoms with E-state index in [1.807, 2.05) is 36.4 Å². The lowest BCUT2D eigenvalue weighted by atomic mass is 9.76. The third-order valence-corrected chi connectivity index (χ3v) is 8.61. The predicted octanol–water partition coefficient (Wildman–Crippen LogP) is 6.47. The first-order chi connectivity index (χ1) is 19.9. The zero-order chi connectivity index (χ0) is 28.5. The molecule has 1 aliphatic carbocycles. The number of likely N-dealkylation sites (tertiary alicyclic amines) is 1. The summed E-state index contributed by atoms with van der Waals surface area (Å²) in [5, 5.41) is 12.4. The lowest BCUT2D eigenvalue weighted by Gasteiger charge is -2.50.